The monoisotopic (exact) mass is 310 g/mol. The number of amides is 1. The van der Waals surface area contributed by atoms with Gasteiger partial charge < -0.3 is 15.5 Å². The fraction of sp³-hybridized carbons (Fsp3) is 0.692. The van der Waals surface area contributed by atoms with Gasteiger partial charge in [0.15, 0.2) is 0 Å². The van der Waals surface area contributed by atoms with E-state index in [4.69, 9.17) is 17.3 Å². The topological polar surface area (TPSA) is 88.2 Å². The summed E-state index contributed by atoms with van der Waals surface area (Å²) in [4.78, 5) is 28.5. The number of nitrogens with two attached hydrogens (primary N) is 1. The van der Waals surface area contributed by atoms with E-state index in [0.29, 0.717) is 31.4 Å². The first-order valence-electron chi connectivity index (χ1n) is 7.19. The van der Waals surface area contributed by atoms with E-state index in [1.807, 2.05) is 11.8 Å². The van der Waals surface area contributed by atoms with Gasteiger partial charge in [-0.05, 0) is 37.8 Å². The summed E-state index contributed by atoms with van der Waals surface area (Å²) in [5.41, 5.74) is 4.94. The maximum atomic E-state index is 11.6. The van der Waals surface area contributed by atoms with Crippen molar-refractivity contribution in [1.29, 1.82) is 0 Å². The maximum absolute atomic E-state index is 11.6. The smallest absolute Gasteiger partial charge is 0.231 e. The van der Waals surface area contributed by atoms with Gasteiger partial charge >= 0.3 is 0 Å². The molecule has 8 heteroatoms. The van der Waals surface area contributed by atoms with E-state index < -0.39 is 5.41 Å². The third kappa shape index (κ3) is 2.74. The molecular formula is C13H19ClN6O. The van der Waals surface area contributed by atoms with E-state index in [9.17, 15) is 4.79 Å². The Balaban J connectivity index is 1.84. The Hall–Kier alpha value is -1.63. The molecule has 1 atom stereocenters. The molecule has 0 aliphatic carbocycles. The minimum absolute atomic E-state index is 0.189. The summed E-state index contributed by atoms with van der Waals surface area (Å²) in [5, 5.41) is 0.189. The van der Waals surface area contributed by atoms with Crippen molar-refractivity contribution >= 4 is 29.4 Å². The molecule has 0 aromatic carbocycles. The van der Waals surface area contributed by atoms with Gasteiger partial charge in [0, 0.05) is 26.2 Å². The van der Waals surface area contributed by atoms with Crippen molar-refractivity contribution < 1.29 is 4.79 Å². The Morgan fingerprint density at radius 2 is 1.76 bits per heavy atom. The van der Waals surface area contributed by atoms with Gasteiger partial charge in [-0.2, -0.15) is 15.0 Å². The Kier molecular flexibility index (Phi) is 3.61. The van der Waals surface area contributed by atoms with E-state index in [1.165, 1.54) is 0 Å². The van der Waals surface area contributed by atoms with Crippen LogP contribution in [0.2, 0.25) is 5.28 Å². The second-order valence-corrected chi connectivity index (χ2v) is 6.33. The standard InChI is InChI=1S/C13H19ClN6O/c1-13(9(15)21)4-7-20(8-13)12-17-10(14)16-11(18-12)19-5-2-3-6-19/h2-8H2,1H3,(H2,15,21). The van der Waals surface area contributed by atoms with E-state index in [2.05, 4.69) is 19.9 Å². The highest BCUT2D eigenvalue weighted by Crippen LogP contribution is 2.32. The van der Waals surface area contributed by atoms with Crippen LogP contribution in [0.5, 0.6) is 0 Å². The number of aromatic nitrogens is 3. The molecule has 0 spiro atoms. The van der Waals surface area contributed by atoms with Gasteiger partial charge in [0.1, 0.15) is 0 Å². The summed E-state index contributed by atoms with van der Waals surface area (Å²) >= 11 is 6.03. The van der Waals surface area contributed by atoms with E-state index in [-0.39, 0.29) is 11.2 Å². The predicted molar refractivity (Wildman–Crippen MR) is 80.4 cm³/mol. The minimum Gasteiger partial charge on any atom is -0.369 e. The van der Waals surface area contributed by atoms with Crippen LogP contribution in [0.15, 0.2) is 0 Å². The third-order valence-corrected chi connectivity index (χ3v) is 4.49. The molecule has 3 rings (SSSR count). The molecule has 0 saturated carbocycles. The lowest BCUT2D eigenvalue weighted by molar-refractivity contribution is -0.125. The zero-order valence-electron chi connectivity index (χ0n) is 12.0. The lowest BCUT2D eigenvalue weighted by Gasteiger charge is -2.22. The van der Waals surface area contributed by atoms with Gasteiger partial charge in [0.05, 0.1) is 5.41 Å². The Bertz CT molecular complexity index is 562. The van der Waals surface area contributed by atoms with Gasteiger partial charge in [-0.15, -0.1) is 0 Å². The van der Waals surface area contributed by atoms with Gasteiger partial charge in [-0.25, -0.2) is 0 Å². The summed E-state index contributed by atoms with van der Waals surface area (Å²) in [6.45, 7) is 4.97. The number of hydrogen-bond donors (Lipinski definition) is 1. The van der Waals surface area contributed by atoms with Gasteiger partial charge in [0.2, 0.25) is 23.1 Å². The Morgan fingerprint density at radius 3 is 2.33 bits per heavy atom. The second kappa shape index (κ2) is 5.29. The lowest BCUT2D eigenvalue weighted by atomic mass is 9.89. The highest BCUT2D eigenvalue weighted by Gasteiger charge is 2.40. The van der Waals surface area contributed by atoms with Crippen molar-refractivity contribution in [1.82, 2.24) is 15.0 Å². The van der Waals surface area contributed by atoms with E-state index in [1.54, 1.807) is 0 Å². The number of halogens is 1. The molecule has 2 N–H and O–H groups in total. The Morgan fingerprint density at radius 1 is 1.14 bits per heavy atom. The molecule has 0 radical (unpaired) electrons. The van der Waals surface area contributed by atoms with E-state index >= 15 is 0 Å². The van der Waals surface area contributed by atoms with Crippen molar-refractivity contribution in [3.63, 3.8) is 0 Å². The number of nitrogens with zero attached hydrogens (tertiary/aromatic N) is 5. The first kappa shape index (κ1) is 14.3. The van der Waals surface area contributed by atoms with Crippen molar-refractivity contribution in [3.05, 3.63) is 5.28 Å². The number of primary amides is 1. The van der Waals surface area contributed by atoms with Crippen LogP contribution in [0.4, 0.5) is 11.9 Å². The number of rotatable bonds is 3. The zero-order chi connectivity index (χ0) is 15.0. The molecule has 2 aliphatic rings. The molecule has 0 bridgehead atoms. The fourth-order valence-corrected chi connectivity index (χ4v) is 3.01. The molecule has 1 aromatic heterocycles. The number of hydrogen-bond acceptors (Lipinski definition) is 6. The molecule has 2 aliphatic heterocycles. The molecule has 1 aromatic rings. The highest BCUT2D eigenvalue weighted by molar-refractivity contribution is 6.28. The van der Waals surface area contributed by atoms with Crippen LogP contribution < -0.4 is 15.5 Å². The first-order valence-corrected chi connectivity index (χ1v) is 7.57. The second-order valence-electron chi connectivity index (χ2n) is 6.00. The fourth-order valence-electron chi connectivity index (χ4n) is 2.86. The molecule has 3 heterocycles. The average molecular weight is 311 g/mol. The molecule has 2 fully saturated rings. The molecule has 114 valence electrons. The highest BCUT2D eigenvalue weighted by atomic mass is 35.5. The van der Waals surface area contributed by atoms with Gasteiger partial charge in [-0.1, -0.05) is 0 Å². The van der Waals surface area contributed by atoms with Crippen LogP contribution in [0.3, 0.4) is 0 Å². The Labute approximate surface area is 128 Å². The quantitative estimate of drug-likeness (QED) is 0.889. The van der Waals surface area contributed by atoms with Crippen LogP contribution in [-0.2, 0) is 4.79 Å². The average Bonchev–Trinajstić information content (AvgIpc) is 3.08. The maximum Gasteiger partial charge on any atom is 0.231 e. The molecule has 7 nitrogen and oxygen atoms in total. The van der Waals surface area contributed by atoms with Crippen LogP contribution in [0.25, 0.3) is 0 Å². The van der Waals surface area contributed by atoms with Crippen molar-refractivity contribution in [2.24, 2.45) is 11.1 Å². The van der Waals surface area contributed by atoms with Crippen LogP contribution in [-0.4, -0.2) is 47.0 Å². The summed E-state index contributed by atoms with van der Waals surface area (Å²) < 4.78 is 0. The first-order chi connectivity index (χ1) is 9.98. The van der Waals surface area contributed by atoms with Crippen molar-refractivity contribution in [2.75, 3.05) is 36.0 Å². The van der Waals surface area contributed by atoms with Crippen LogP contribution in [0, 0.1) is 5.41 Å². The van der Waals surface area contributed by atoms with E-state index in [0.717, 1.165) is 25.9 Å². The van der Waals surface area contributed by atoms with Crippen molar-refractivity contribution in [2.45, 2.75) is 26.2 Å². The SMILES string of the molecule is CC1(C(N)=O)CCN(c2nc(Cl)nc(N3CCCC3)n2)C1. The van der Waals surface area contributed by atoms with Crippen LogP contribution >= 0.6 is 11.6 Å². The number of carbonyl (C=O) groups is 1. The number of carbonyl (C=O) groups excluding carboxylic acids is 1. The van der Waals surface area contributed by atoms with Gasteiger partial charge in [-0.3, -0.25) is 4.79 Å². The summed E-state index contributed by atoms with van der Waals surface area (Å²) in [6.07, 6.45) is 2.98. The summed E-state index contributed by atoms with van der Waals surface area (Å²) in [5.74, 6) is 0.863. The number of anilines is 2. The third-order valence-electron chi connectivity index (χ3n) is 4.32. The van der Waals surface area contributed by atoms with Crippen molar-refractivity contribution in [3.8, 4) is 0 Å². The molecular weight excluding hydrogens is 292 g/mol. The zero-order valence-corrected chi connectivity index (χ0v) is 12.8. The minimum atomic E-state index is -0.535. The molecule has 1 amide bonds. The predicted octanol–water partition coefficient (Wildman–Crippen LogP) is 0.827. The summed E-state index contributed by atoms with van der Waals surface area (Å²) in [6, 6.07) is 0. The largest absolute Gasteiger partial charge is 0.369 e. The normalized spacial score (nSPS) is 25.6. The van der Waals surface area contributed by atoms with Gasteiger partial charge in [0.25, 0.3) is 0 Å². The van der Waals surface area contributed by atoms with Crippen LogP contribution in [0.1, 0.15) is 26.2 Å². The molecule has 21 heavy (non-hydrogen) atoms. The molecule has 1 unspecified atom stereocenters. The summed E-state index contributed by atoms with van der Waals surface area (Å²) in [7, 11) is 0. The lowest BCUT2D eigenvalue weighted by Crippen LogP contribution is -2.37. The molecule has 2 saturated heterocycles.